The van der Waals surface area contributed by atoms with Crippen LogP contribution in [0.15, 0.2) is 12.2 Å². The van der Waals surface area contributed by atoms with Gasteiger partial charge >= 0.3 is 5.97 Å². The molecule has 2 N–H and O–H groups in total. The summed E-state index contributed by atoms with van der Waals surface area (Å²) < 4.78 is 0. The number of carbonyl (C=O) groups excluding carboxylic acids is 1. The highest BCUT2D eigenvalue weighted by Crippen LogP contribution is 2.04. The van der Waals surface area contributed by atoms with E-state index in [0.29, 0.717) is 6.54 Å². The summed E-state index contributed by atoms with van der Waals surface area (Å²) in [6.45, 7) is 3.44. The fourth-order valence-electron chi connectivity index (χ4n) is 1.75. The molecule has 96 valence electrons. The quantitative estimate of drug-likeness (QED) is 0.617. The van der Waals surface area contributed by atoms with Gasteiger partial charge in [-0.15, -0.1) is 0 Å². The van der Waals surface area contributed by atoms with Crippen LogP contribution in [0.2, 0.25) is 0 Å². The second-order valence-corrected chi connectivity index (χ2v) is 4.31. The Hall–Kier alpha value is -1.40. The maximum Gasteiger partial charge on any atom is 0.328 e. The van der Waals surface area contributed by atoms with Crippen molar-refractivity contribution < 1.29 is 14.7 Å². The van der Waals surface area contributed by atoms with Crippen LogP contribution in [0.1, 0.15) is 0 Å². The Morgan fingerprint density at radius 1 is 1.35 bits per heavy atom. The maximum atomic E-state index is 11.3. The lowest BCUT2D eigenvalue weighted by molar-refractivity contribution is -0.131. The first-order valence-electron chi connectivity index (χ1n) is 5.56. The Morgan fingerprint density at radius 3 is 2.71 bits per heavy atom. The topological polar surface area (TPSA) is 72.9 Å². The molecule has 1 heterocycles. The van der Waals surface area contributed by atoms with Gasteiger partial charge in [-0.2, -0.15) is 0 Å². The largest absolute Gasteiger partial charge is 0.478 e. The molecule has 1 unspecified atom stereocenters. The van der Waals surface area contributed by atoms with Gasteiger partial charge in [0, 0.05) is 44.4 Å². The Balaban J connectivity index is 2.34. The lowest BCUT2D eigenvalue weighted by atomic mass is 10.2. The van der Waals surface area contributed by atoms with Gasteiger partial charge in [-0.05, 0) is 14.1 Å². The number of carbonyl (C=O) groups is 2. The van der Waals surface area contributed by atoms with Crippen molar-refractivity contribution in [2.45, 2.75) is 6.04 Å². The summed E-state index contributed by atoms with van der Waals surface area (Å²) in [5.74, 6) is -1.48. The molecule has 0 aromatic heterocycles. The number of piperazine rings is 1. The van der Waals surface area contributed by atoms with Crippen LogP contribution >= 0.6 is 0 Å². The van der Waals surface area contributed by atoms with Crippen molar-refractivity contribution in [1.29, 1.82) is 0 Å². The van der Waals surface area contributed by atoms with E-state index in [9.17, 15) is 9.59 Å². The molecule has 1 aliphatic rings. The Morgan fingerprint density at radius 2 is 2.06 bits per heavy atom. The fourth-order valence-corrected chi connectivity index (χ4v) is 1.75. The molecule has 0 bridgehead atoms. The highest BCUT2D eigenvalue weighted by molar-refractivity contribution is 5.93. The third-order valence-corrected chi connectivity index (χ3v) is 2.87. The van der Waals surface area contributed by atoms with Gasteiger partial charge in [-0.3, -0.25) is 9.69 Å². The van der Waals surface area contributed by atoms with Gasteiger partial charge < -0.3 is 15.3 Å². The average Bonchev–Trinajstić information content (AvgIpc) is 2.27. The van der Waals surface area contributed by atoms with E-state index in [4.69, 9.17) is 5.11 Å². The molecule has 1 rings (SSSR count). The van der Waals surface area contributed by atoms with Crippen LogP contribution < -0.4 is 5.32 Å². The van der Waals surface area contributed by atoms with Crippen molar-refractivity contribution in [2.75, 3.05) is 40.3 Å². The molecule has 0 aliphatic carbocycles. The fraction of sp³-hybridized carbons (Fsp3) is 0.636. The normalized spacial score (nSPS) is 22.8. The number of rotatable bonds is 4. The van der Waals surface area contributed by atoms with Gasteiger partial charge in [0.2, 0.25) is 5.91 Å². The Labute approximate surface area is 101 Å². The van der Waals surface area contributed by atoms with Crippen LogP contribution in [-0.2, 0) is 9.59 Å². The molecule has 1 amide bonds. The minimum absolute atomic E-state index is 0.274. The third-order valence-electron chi connectivity index (χ3n) is 2.87. The van der Waals surface area contributed by atoms with Crippen LogP contribution in [0.5, 0.6) is 0 Å². The summed E-state index contributed by atoms with van der Waals surface area (Å²) in [6, 6.07) is 0.274. The van der Waals surface area contributed by atoms with Crippen LogP contribution in [0.4, 0.5) is 0 Å². The van der Waals surface area contributed by atoms with E-state index in [0.717, 1.165) is 31.8 Å². The zero-order valence-electron chi connectivity index (χ0n) is 10.2. The van der Waals surface area contributed by atoms with Crippen molar-refractivity contribution in [2.24, 2.45) is 0 Å². The summed E-state index contributed by atoms with van der Waals surface area (Å²) in [5, 5.41) is 11.1. The number of hydrogen-bond acceptors (Lipinski definition) is 4. The standard InChI is InChI=1S/C11H19N3O3/c1-13-5-6-14(2)9(8-13)7-12-10(15)3-4-11(16)17/h3-4,9H,5-8H2,1-2H3,(H,12,15)(H,16,17). The number of nitrogens with zero attached hydrogens (tertiary/aromatic N) is 2. The predicted molar refractivity (Wildman–Crippen MR) is 63.7 cm³/mol. The SMILES string of the molecule is CN1CCN(C)C(CNC(=O)C=CC(=O)O)C1. The van der Waals surface area contributed by atoms with Crippen LogP contribution in [0.3, 0.4) is 0 Å². The summed E-state index contributed by atoms with van der Waals surface area (Å²) in [5.41, 5.74) is 0. The molecule has 0 radical (unpaired) electrons. The highest BCUT2D eigenvalue weighted by Gasteiger charge is 2.21. The van der Waals surface area contributed by atoms with E-state index in [1.165, 1.54) is 0 Å². The second kappa shape index (κ2) is 6.36. The highest BCUT2D eigenvalue weighted by atomic mass is 16.4. The number of aliphatic carboxylic acids is 1. The second-order valence-electron chi connectivity index (χ2n) is 4.31. The summed E-state index contributed by atoms with van der Waals surface area (Å²) in [4.78, 5) is 25.9. The number of carboxylic acid groups (broad SMARTS) is 1. The van der Waals surface area contributed by atoms with E-state index < -0.39 is 5.97 Å². The van der Waals surface area contributed by atoms with Crippen molar-refractivity contribution in [3.05, 3.63) is 12.2 Å². The molecule has 0 spiro atoms. The minimum Gasteiger partial charge on any atom is -0.478 e. The van der Waals surface area contributed by atoms with Gasteiger partial charge in [0.15, 0.2) is 0 Å². The van der Waals surface area contributed by atoms with E-state index in [1.54, 1.807) is 0 Å². The molecule has 17 heavy (non-hydrogen) atoms. The summed E-state index contributed by atoms with van der Waals surface area (Å²) >= 11 is 0. The number of nitrogens with one attached hydrogen (secondary N) is 1. The average molecular weight is 241 g/mol. The van der Waals surface area contributed by atoms with Crippen molar-refractivity contribution in [3.63, 3.8) is 0 Å². The van der Waals surface area contributed by atoms with E-state index in [2.05, 4.69) is 15.1 Å². The molecule has 0 saturated carbocycles. The van der Waals surface area contributed by atoms with Crippen LogP contribution in [-0.4, -0.2) is 73.1 Å². The molecular formula is C11H19N3O3. The first-order valence-corrected chi connectivity index (χ1v) is 5.56. The van der Waals surface area contributed by atoms with Crippen molar-refractivity contribution in [1.82, 2.24) is 15.1 Å². The maximum absolute atomic E-state index is 11.3. The Bertz CT molecular complexity index is 317. The molecular weight excluding hydrogens is 222 g/mol. The Kier molecular flexibility index (Phi) is 5.11. The third kappa shape index (κ3) is 4.97. The zero-order valence-corrected chi connectivity index (χ0v) is 10.2. The minimum atomic E-state index is -1.12. The monoisotopic (exact) mass is 241 g/mol. The van der Waals surface area contributed by atoms with Crippen LogP contribution in [0, 0.1) is 0 Å². The van der Waals surface area contributed by atoms with Crippen molar-refractivity contribution in [3.8, 4) is 0 Å². The zero-order chi connectivity index (χ0) is 12.8. The molecule has 1 atom stereocenters. The molecule has 0 aromatic rings. The van der Waals surface area contributed by atoms with E-state index >= 15 is 0 Å². The molecule has 6 nitrogen and oxygen atoms in total. The van der Waals surface area contributed by atoms with Gasteiger partial charge in [0.25, 0.3) is 0 Å². The summed E-state index contributed by atoms with van der Waals surface area (Å²) in [6.07, 6.45) is 1.88. The molecule has 6 heteroatoms. The lowest BCUT2D eigenvalue weighted by Crippen LogP contribution is -2.54. The van der Waals surface area contributed by atoms with Gasteiger partial charge in [-0.1, -0.05) is 0 Å². The molecule has 0 aromatic carbocycles. The lowest BCUT2D eigenvalue weighted by Gasteiger charge is -2.37. The van der Waals surface area contributed by atoms with Gasteiger partial charge in [-0.25, -0.2) is 4.79 Å². The number of carboxylic acids is 1. The number of amides is 1. The number of likely N-dealkylation sites (N-methyl/N-ethyl adjacent to an activating group) is 2. The predicted octanol–water partition coefficient (Wildman–Crippen LogP) is -1.01. The van der Waals surface area contributed by atoms with Crippen molar-refractivity contribution >= 4 is 11.9 Å². The molecule has 1 fully saturated rings. The first kappa shape index (κ1) is 13.7. The first-order chi connectivity index (χ1) is 7.99. The summed E-state index contributed by atoms with van der Waals surface area (Å²) in [7, 11) is 4.07. The van der Waals surface area contributed by atoms with Gasteiger partial charge in [0.05, 0.1) is 0 Å². The van der Waals surface area contributed by atoms with Gasteiger partial charge in [0.1, 0.15) is 0 Å². The van der Waals surface area contributed by atoms with E-state index in [1.807, 2.05) is 14.1 Å². The smallest absolute Gasteiger partial charge is 0.328 e. The molecule has 1 aliphatic heterocycles. The number of hydrogen-bond donors (Lipinski definition) is 2. The van der Waals surface area contributed by atoms with E-state index in [-0.39, 0.29) is 11.9 Å². The molecule has 1 saturated heterocycles. The van der Waals surface area contributed by atoms with Crippen LogP contribution in [0.25, 0.3) is 0 Å².